The van der Waals surface area contributed by atoms with E-state index in [1.807, 2.05) is 0 Å². The van der Waals surface area contributed by atoms with Gasteiger partial charge in [-0.1, -0.05) is 5.21 Å². The molecule has 8 heteroatoms. The molecule has 17 heavy (non-hydrogen) atoms. The Balaban J connectivity index is 2.60. The van der Waals surface area contributed by atoms with Crippen LogP contribution in [0.1, 0.15) is 10.5 Å². The van der Waals surface area contributed by atoms with Gasteiger partial charge in [0.2, 0.25) is 0 Å². The number of rotatable bonds is 4. The van der Waals surface area contributed by atoms with Gasteiger partial charge in [0.05, 0.1) is 24.8 Å². The van der Waals surface area contributed by atoms with Crippen molar-refractivity contribution in [2.45, 2.75) is 6.54 Å². The summed E-state index contributed by atoms with van der Waals surface area (Å²) >= 11 is 0. The first kappa shape index (κ1) is 11.2. The number of aromatic carboxylic acids is 1. The number of alkyl halides is 1. The van der Waals surface area contributed by atoms with Gasteiger partial charge in [0.1, 0.15) is 12.4 Å². The Kier molecular flexibility index (Phi) is 2.86. The van der Waals surface area contributed by atoms with E-state index in [4.69, 9.17) is 5.11 Å². The number of hydrogen-bond donors (Lipinski definition) is 1. The van der Waals surface area contributed by atoms with Gasteiger partial charge in [-0.2, -0.15) is 0 Å². The molecule has 0 aromatic carbocycles. The van der Waals surface area contributed by atoms with Crippen LogP contribution >= 0.6 is 0 Å². The van der Waals surface area contributed by atoms with Crippen molar-refractivity contribution in [2.75, 3.05) is 6.67 Å². The summed E-state index contributed by atoms with van der Waals surface area (Å²) in [4.78, 5) is 14.9. The fourth-order valence-corrected chi connectivity index (χ4v) is 1.53. The second-order valence-corrected chi connectivity index (χ2v) is 3.39. The molecule has 0 unspecified atom stereocenters. The van der Waals surface area contributed by atoms with Gasteiger partial charge in [0.25, 0.3) is 0 Å². The Hall–Kier alpha value is -2.25. The smallest absolute Gasteiger partial charge is 0.358 e. The molecule has 2 heterocycles. The minimum atomic E-state index is -1.20. The molecule has 2 aromatic rings. The fourth-order valence-electron chi connectivity index (χ4n) is 1.53. The first-order valence-electron chi connectivity index (χ1n) is 4.84. The van der Waals surface area contributed by atoms with E-state index in [1.54, 1.807) is 11.6 Å². The number of nitrogens with zero attached hydrogens (tertiary/aromatic N) is 5. The van der Waals surface area contributed by atoms with Gasteiger partial charge in [-0.15, -0.1) is 5.10 Å². The summed E-state index contributed by atoms with van der Waals surface area (Å²) in [5.74, 6) is -1.20. The van der Waals surface area contributed by atoms with Crippen LogP contribution in [0.4, 0.5) is 4.39 Å². The third-order valence-electron chi connectivity index (χ3n) is 2.29. The number of aromatic nitrogens is 5. The number of carboxylic acids is 1. The molecule has 0 fully saturated rings. The summed E-state index contributed by atoms with van der Waals surface area (Å²) in [6.45, 7) is -0.686. The number of carbonyl (C=O) groups is 1. The Morgan fingerprint density at radius 2 is 2.35 bits per heavy atom. The zero-order valence-electron chi connectivity index (χ0n) is 9.04. The van der Waals surface area contributed by atoms with Crippen molar-refractivity contribution in [3.8, 4) is 11.4 Å². The molecule has 0 saturated heterocycles. The number of aryl methyl sites for hydroxylation is 2. The molecule has 0 aliphatic rings. The largest absolute Gasteiger partial charge is 0.476 e. The lowest BCUT2D eigenvalue weighted by Gasteiger charge is -2.05. The van der Waals surface area contributed by atoms with E-state index < -0.39 is 12.6 Å². The highest BCUT2D eigenvalue weighted by atomic mass is 19.1. The lowest BCUT2D eigenvalue weighted by Crippen LogP contribution is -2.08. The van der Waals surface area contributed by atoms with Crippen molar-refractivity contribution in [3.05, 3.63) is 18.2 Å². The first-order valence-corrected chi connectivity index (χ1v) is 4.84. The van der Waals surface area contributed by atoms with Gasteiger partial charge in [-0.25, -0.2) is 18.9 Å². The lowest BCUT2D eigenvalue weighted by molar-refractivity contribution is 0.0691. The standard InChI is InChI=1S/C9H10FN5O2/c1-14-5-11-4-6(14)8-7(9(16)17)12-13-15(8)3-2-10/h4-5H,2-3H2,1H3,(H,16,17). The Morgan fingerprint density at radius 3 is 2.88 bits per heavy atom. The molecule has 0 amide bonds. The van der Waals surface area contributed by atoms with E-state index in [0.29, 0.717) is 5.69 Å². The quantitative estimate of drug-likeness (QED) is 0.831. The number of hydrogen-bond acceptors (Lipinski definition) is 4. The summed E-state index contributed by atoms with van der Waals surface area (Å²) in [5.41, 5.74) is 0.582. The third kappa shape index (κ3) is 1.88. The van der Waals surface area contributed by atoms with Crippen LogP contribution in [0.3, 0.4) is 0 Å². The van der Waals surface area contributed by atoms with E-state index in [2.05, 4.69) is 15.3 Å². The highest BCUT2D eigenvalue weighted by Gasteiger charge is 2.22. The zero-order valence-corrected chi connectivity index (χ0v) is 9.04. The minimum Gasteiger partial charge on any atom is -0.476 e. The molecule has 0 radical (unpaired) electrons. The van der Waals surface area contributed by atoms with Gasteiger partial charge >= 0.3 is 5.97 Å². The van der Waals surface area contributed by atoms with Crippen LogP contribution in [0.2, 0.25) is 0 Å². The summed E-state index contributed by atoms with van der Waals surface area (Å²) in [5, 5.41) is 16.2. The number of carboxylic acid groups (broad SMARTS) is 1. The van der Waals surface area contributed by atoms with E-state index in [9.17, 15) is 9.18 Å². The third-order valence-corrected chi connectivity index (χ3v) is 2.29. The molecule has 0 atom stereocenters. The summed E-state index contributed by atoms with van der Waals surface area (Å²) < 4.78 is 15.2. The molecule has 0 bridgehead atoms. The second kappa shape index (κ2) is 4.32. The predicted molar refractivity (Wildman–Crippen MR) is 55.2 cm³/mol. The van der Waals surface area contributed by atoms with Crippen LogP contribution in [0, 0.1) is 0 Å². The topological polar surface area (TPSA) is 85.8 Å². The molecular formula is C9H10FN5O2. The summed E-state index contributed by atoms with van der Waals surface area (Å²) in [7, 11) is 1.71. The van der Waals surface area contributed by atoms with Crippen molar-refractivity contribution in [3.63, 3.8) is 0 Å². The van der Waals surface area contributed by atoms with Crippen molar-refractivity contribution in [1.29, 1.82) is 0 Å². The molecular weight excluding hydrogens is 229 g/mol. The van der Waals surface area contributed by atoms with Gasteiger partial charge in [0.15, 0.2) is 5.69 Å². The van der Waals surface area contributed by atoms with Crippen LogP contribution in [0.5, 0.6) is 0 Å². The molecule has 0 saturated carbocycles. The Morgan fingerprint density at radius 1 is 1.59 bits per heavy atom. The maximum Gasteiger partial charge on any atom is 0.358 e. The van der Waals surface area contributed by atoms with Crippen molar-refractivity contribution < 1.29 is 14.3 Å². The Bertz CT molecular complexity index is 547. The number of halogens is 1. The van der Waals surface area contributed by atoms with Crippen molar-refractivity contribution >= 4 is 5.97 Å². The molecule has 2 aromatic heterocycles. The normalized spacial score (nSPS) is 10.7. The van der Waals surface area contributed by atoms with E-state index >= 15 is 0 Å². The van der Waals surface area contributed by atoms with Crippen molar-refractivity contribution in [2.24, 2.45) is 7.05 Å². The molecule has 0 aliphatic carbocycles. The van der Waals surface area contributed by atoms with Crippen molar-refractivity contribution in [1.82, 2.24) is 24.5 Å². The molecule has 0 spiro atoms. The zero-order chi connectivity index (χ0) is 12.4. The van der Waals surface area contributed by atoms with E-state index in [0.717, 1.165) is 0 Å². The molecule has 2 rings (SSSR count). The minimum absolute atomic E-state index is 0.0409. The average Bonchev–Trinajstić information content (AvgIpc) is 2.84. The Labute approximate surface area is 95.5 Å². The second-order valence-electron chi connectivity index (χ2n) is 3.39. The fraction of sp³-hybridized carbons (Fsp3) is 0.333. The van der Waals surface area contributed by atoms with E-state index in [-0.39, 0.29) is 17.9 Å². The molecule has 1 N–H and O–H groups in total. The monoisotopic (exact) mass is 239 g/mol. The highest BCUT2D eigenvalue weighted by Crippen LogP contribution is 2.21. The van der Waals surface area contributed by atoms with Gasteiger partial charge in [0, 0.05) is 7.05 Å². The van der Waals surface area contributed by atoms with E-state index in [1.165, 1.54) is 17.2 Å². The molecule has 90 valence electrons. The predicted octanol–water partition coefficient (Wildman–Crippen LogP) is 0.346. The lowest BCUT2D eigenvalue weighted by atomic mass is 10.2. The number of imidazole rings is 1. The average molecular weight is 239 g/mol. The van der Waals surface area contributed by atoms with Gasteiger partial charge < -0.3 is 9.67 Å². The van der Waals surface area contributed by atoms with Crippen LogP contribution in [-0.2, 0) is 13.6 Å². The van der Waals surface area contributed by atoms with Crippen LogP contribution in [0.15, 0.2) is 12.5 Å². The van der Waals surface area contributed by atoms with Crippen LogP contribution in [0.25, 0.3) is 11.4 Å². The maximum absolute atomic E-state index is 12.4. The van der Waals surface area contributed by atoms with Crippen LogP contribution < -0.4 is 0 Å². The highest BCUT2D eigenvalue weighted by molar-refractivity contribution is 5.92. The molecule has 0 aliphatic heterocycles. The van der Waals surface area contributed by atoms with Crippen LogP contribution in [-0.4, -0.2) is 42.3 Å². The van der Waals surface area contributed by atoms with Gasteiger partial charge in [-0.05, 0) is 0 Å². The summed E-state index contributed by atoms with van der Waals surface area (Å²) in [6, 6.07) is 0. The summed E-state index contributed by atoms with van der Waals surface area (Å²) in [6.07, 6.45) is 3.01. The SMILES string of the molecule is Cn1cncc1-c1c(C(=O)O)nnn1CCF. The first-order chi connectivity index (χ1) is 8.15. The maximum atomic E-state index is 12.4. The molecule has 7 nitrogen and oxygen atoms in total. The van der Waals surface area contributed by atoms with Gasteiger partial charge in [-0.3, -0.25) is 0 Å².